The van der Waals surface area contributed by atoms with Crippen LogP contribution >= 0.6 is 0 Å². The normalized spacial score (nSPS) is 12.2. The summed E-state index contributed by atoms with van der Waals surface area (Å²) in [7, 11) is -3.17. The molecular weight excluding hydrogens is 489 g/mol. The molecule has 0 bridgehead atoms. The fourth-order valence-corrected chi connectivity index (χ4v) is 15.0. The average Bonchev–Trinajstić information content (AvgIpc) is 2.91. The molecule has 0 spiro atoms. The van der Waals surface area contributed by atoms with Crippen molar-refractivity contribution in [1.29, 1.82) is 0 Å². The third-order valence-corrected chi connectivity index (χ3v) is 15.2. The van der Waals surface area contributed by atoms with E-state index in [0.717, 1.165) is 0 Å². The Morgan fingerprint density at radius 1 is 0.447 bits per heavy atom. The molecule has 0 radical (unpaired) electrons. The molecule has 5 aromatic rings. The van der Waals surface area contributed by atoms with Crippen LogP contribution < -0.4 is 20.7 Å². The topological polar surface area (TPSA) is 0 Å². The van der Waals surface area contributed by atoms with E-state index in [2.05, 4.69) is 155 Å². The van der Waals surface area contributed by atoms with Crippen molar-refractivity contribution < 1.29 is 0 Å². The highest BCUT2D eigenvalue weighted by atomic mass is 28.3. The van der Waals surface area contributed by atoms with Gasteiger partial charge in [-0.15, -0.1) is 0 Å². The van der Waals surface area contributed by atoms with E-state index in [4.69, 9.17) is 0 Å². The summed E-state index contributed by atoms with van der Waals surface area (Å²) in [5.74, 6) is 0. The van der Waals surface area contributed by atoms with Crippen molar-refractivity contribution in [2.75, 3.05) is 0 Å². The smallest absolute Gasteiger partial charge is 0.0629 e. The molecule has 0 aliphatic rings. The van der Waals surface area contributed by atoms with Gasteiger partial charge >= 0.3 is 0 Å². The predicted molar refractivity (Wildman–Crippen MR) is 172 cm³/mol. The van der Waals surface area contributed by atoms with Crippen LogP contribution in [0.2, 0.25) is 6.04 Å². The van der Waals surface area contributed by atoms with Crippen LogP contribution in [-0.4, -0.2) is 17.6 Å². The Hall–Kier alpha value is -3.47. The highest BCUT2D eigenvalue weighted by molar-refractivity contribution is 6.90. The van der Waals surface area contributed by atoms with Gasteiger partial charge in [0.1, 0.15) is 17.6 Å². The lowest BCUT2D eigenvalue weighted by atomic mass is 10.1. The number of hydrogen-bond acceptors (Lipinski definition) is 0. The molecule has 2 heteroatoms. The van der Waals surface area contributed by atoms with Gasteiger partial charge in [0.2, 0.25) is 0 Å². The molecule has 0 aliphatic carbocycles. The fourth-order valence-electron chi connectivity index (χ4n) is 6.29. The summed E-state index contributed by atoms with van der Waals surface area (Å²) < 4.78 is 0. The van der Waals surface area contributed by atoms with Gasteiger partial charge in [-0.1, -0.05) is 170 Å². The molecule has 0 N–H and O–H groups in total. The van der Waals surface area contributed by atoms with Crippen molar-refractivity contribution >= 4 is 38.3 Å². The van der Waals surface area contributed by atoms with Gasteiger partial charge in [-0.05, 0) is 44.8 Å². The molecule has 5 aromatic carbocycles. The molecule has 0 nitrogen and oxygen atoms in total. The third-order valence-electron chi connectivity index (χ3n) is 7.73. The molecule has 0 aliphatic heterocycles. The van der Waals surface area contributed by atoms with Gasteiger partial charge in [0.25, 0.3) is 0 Å². The lowest BCUT2D eigenvalue weighted by molar-refractivity contribution is 1.04. The largest absolute Gasteiger partial charge is 0.110 e. The highest BCUT2D eigenvalue weighted by Gasteiger charge is 2.32. The monoisotopic (exact) mass is 526 g/mol. The van der Waals surface area contributed by atoms with Crippen molar-refractivity contribution in [1.82, 2.24) is 0 Å². The highest BCUT2D eigenvalue weighted by Crippen LogP contribution is 2.26. The number of rotatable bonds is 8. The van der Waals surface area contributed by atoms with Crippen LogP contribution in [0.1, 0.15) is 33.4 Å². The van der Waals surface area contributed by atoms with E-state index < -0.39 is 17.6 Å². The molecule has 0 amide bonds. The maximum atomic E-state index is 2.49. The standard InChI is InChI=1S/C36H38Si2/c1-27-20-28(2)23-34(22-27)38(35-24-29(3)21-30(4)25-35)36(31-14-8-5-9-15-31)26-37(32-16-10-6-11-17-32)33-18-12-7-13-19-33/h5-25,36-38H,26H2,1-4H3. The minimum Gasteiger partial charge on any atom is -0.0629 e. The van der Waals surface area contributed by atoms with Crippen molar-refractivity contribution in [3.05, 3.63) is 155 Å². The minimum absolute atomic E-state index is 0.496. The molecule has 190 valence electrons. The Labute approximate surface area is 232 Å². The number of aryl methyl sites for hydroxylation is 4. The molecule has 0 aromatic heterocycles. The molecule has 38 heavy (non-hydrogen) atoms. The first-order valence-electron chi connectivity index (χ1n) is 13.8. The maximum Gasteiger partial charge on any atom is 0.110 e. The van der Waals surface area contributed by atoms with Gasteiger partial charge in [0.05, 0.1) is 0 Å². The van der Waals surface area contributed by atoms with Crippen LogP contribution in [0.3, 0.4) is 0 Å². The molecular formula is C36H38Si2. The summed E-state index contributed by atoms with van der Waals surface area (Å²) in [5.41, 5.74) is 7.46. The van der Waals surface area contributed by atoms with Gasteiger partial charge in [-0.3, -0.25) is 0 Å². The average molecular weight is 527 g/mol. The van der Waals surface area contributed by atoms with Gasteiger partial charge in [-0.2, -0.15) is 0 Å². The van der Waals surface area contributed by atoms with E-state index in [1.165, 1.54) is 44.2 Å². The first-order valence-corrected chi connectivity index (χ1v) is 17.6. The zero-order valence-electron chi connectivity index (χ0n) is 23.1. The van der Waals surface area contributed by atoms with Crippen LogP contribution in [0.5, 0.6) is 0 Å². The summed E-state index contributed by atoms with van der Waals surface area (Å²) in [4.78, 5) is 0. The van der Waals surface area contributed by atoms with Crippen LogP contribution in [0, 0.1) is 27.7 Å². The predicted octanol–water partition coefficient (Wildman–Crippen LogP) is 5.63. The summed E-state index contributed by atoms with van der Waals surface area (Å²) in [5, 5.41) is 6.20. The second kappa shape index (κ2) is 11.9. The van der Waals surface area contributed by atoms with Gasteiger partial charge < -0.3 is 0 Å². The van der Waals surface area contributed by atoms with Crippen LogP contribution in [0.4, 0.5) is 0 Å². The Morgan fingerprint density at radius 2 is 0.816 bits per heavy atom. The van der Waals surface area contributed by atoms with Crippen LogP contribution in [0.25, 0.3) is 0 Å². The Morgan fingerprint density at radius 3 is 1.21 bits per heavy atom. The van der Waals surface area contributed by atoms with Crippen molar-refractivity contribution in [2.24, 2.45) is 0 Å². The van der Waals surface area contributed by atoms with E-state index >= 15 is 0 Å². The minimum atomic E-state index is -1.67. The Bertz CT molecular complexity index is 1350. The van der Waals surface area contributed by atoms with Crippen molar-refractivity contribution in [3.63, 3.8) is 0 Å². The fraction of sp³-hybridized carbons (Fsp3) is 0.167. The Kier molecular flexibility index (Phi) is 8.21. The zero-order valence-corrected chi connectivity index (χ0v) is 25.4. The van der Waals surface area contributed by atoms with Gasteiger partial charge in [0.15, 0.2) is 0 Å². The second-order valence-corrected chi connectivity index (χ2v) is 16.9. The summed E-state index contributed by atoms with van der Waals surface area (Å²) in [6.45, 7) is 9.03. The van der Waals surface area contributed by atoms with Gasteiger partial charge in [-0.25, -0.2) is 0 Å². The van der Waals surface area contributed by atoms with Crippen LogP contribution in [0.15, 0.2) is 127 Å². The molecule has 1 unspecified atom stereocenters. The van der Waals surface area contributed by atoms with Crippen molar-refractivity contribution in [3.8, 4) is 0 Å². The second-order valence-electron chi connectivity index (χ2n) is 10.9. The lowest BCUT2D eigenvalue weighted by Crippen LogP contribution is -2.52. The van der Waals surface area contributed by atoms with E-state index in [1.807, 2.05) is 0 Å². The van der Waals surface area contributed by atoms with Crippen LogP contribution in [-0.2, 0) is 0 Å². The summed E-state index contributed by atoms with van der Waals surface area (Å²) in [6, 6.07) is 49.9. The maximum absolute atomic E-state index is 2.49. The van der Waals surface area contributed by atoms with Gasteiger partial charge in [0, 0.05) is 0 Å². The molecule has 0 fully saturated rings. The molecule has 5 rings (SSSR count). The molecule has 0 saturated heterocycles. The first-order chi connectivity index (χ1) is 18.5. The summed E-state index contributed by atoms with van der Waals surface area (Å²) in [6.07, 6.45) is 0. The molecule has 0 saturated carbocycles. The third kappa shape index (κ3) is 6.15. The SMILES string of the molecule is Cc1cc(C)cc([SiH](c2cc(C)cc(C)c2)C(C[SiH](c2ccccc2)c2ccccc2)c2ccccc2)c1. The van der Waals surface area contributed by atoms with E-state index in [0.29, 0.717) is 5.54 Å². The zero-order chi connectivity index (χ0) is 26.5. The Balaban J connectivity index is 1.72. The quantitative estimate of drug-likeness (QED) is 0.230. The lowest BCUT2D eigenvalue weighted by Gasteiger charge is -2.31. The number of benzene rings is 5. The van der Waals surface area contributed by atoms with Crippen molar-refractivity contribution in [2.45, 2.75) is 39.3 Å². The molecule has 1 atom stereocenters. The summed E-state index contributed by atoms with van der Waals surface area (Å²) >= 11 is 0. The first kappa shape index (κ1) is 26.2. The van der Waals surface area contributed by atoms with E-state index in [1.54, 1.807) is 10.4 Å². The van der Waals surface area contributed by atoms with E-state index in [-0.39, 0.29) is 0 Å². The molecule has 0 heterocycles. The number of hydrogen-bond donors (Lipinski definition) is 0. The van der Waals surface area contributed by atoms with E-state index in [9.17, 15) is 0 Å².